The minimum absolute atomic E-state index is 0.253. The number of nitrogens with one attached hydrogen (secondary N) is 1. The van der Waals surface area contributed by atoms with Gasteiger partial charge in [-0.05, 0) is 53.4 Å². The summed E-state index contributed by atoms with van der Waals surface area (Å²) in [7, 11) is 0. The first-order chi connectivity index (χ1) is 8.25. The minimum Gasteiger partial charge on any atom is -0.438 e. The van der Waals surface area contributed by atoms with E-state index in [0.717, 1.165) is 28.0 Å². The molecule has 3 nitrogen and oxygen atoms in total. The van der Waals surface area contributed by atoms with E-state index < -0.39 is 0 Å². The lowest BCUT2D eigenvalue weighted by Crippen LogP contribution is -2.32. The molecule has 1 aliphatic rings. The lowest BCUT2D eigenvalue weighted by atomic mass is 9.93. The number of nitrogens with zero attached hydrogens (tertiary/aromatic N) is 1. The largest absolute Gasteiger partial charge is 0.438 e. The molecule has 2 aromatic rings. The van der Waals surface area contributed by atoms with Crippen LogP contribution in [-0.2, 0) is 0 Å². The molecule has 0 radical (unpaired) electrons. The van der Waals surface area contributed by atoms with E-state index in [4.69, 9.17) is 4.42 Å². The summed E-state index contributed by atoms with van der Waals surface area (Å²) in [5.74, 6) is 1.40. The van der Waals surface area contributed by atoms with Gasteiger partial charge in [0.05, 0.1) is 10.5 Å². The summed E-state index contributed by atoms with van der Waals surface area (Å²) in [4.78, 5) is 4.59. The molecule has 2 unspecified atom stereocenters. The molecule has 1 aliphatic heterocycles. The zero-order valence-electron chi connectivity index (χ0n) is 9.74. The van der Waals surface area contributed by atoms with Crippen molar-refractivity contribution in [3.63, 3.8) is 0 Å². The fourth-order valence-corrected chi connectivity index (χ4v) is 2.88. The number of oxazole rings is 1. The van der Waals surface area contributed by atoms with Gasteiger partial charge < -0.3 is 9.73 Å². The van der Waals surface area contributed by atoms with Gasteiger partial charge in [0.1, 0.15) is 5.52 Å². The van der Waals surface area contributed by atoms with Crippen molar-refractivity contribution in [2.45, 2.75) is 25.8 Å². The lowest BCUT2D eigenvalue weighted by molar-refractivity contribution is 0.264. The summed E-state index contributed by atoms with van der Waals surface area (Å²) in [6.45, 7) is 3.30. The summed E-state index contributed by atoms with van der Waals surface area (Å²) in [5, 5.41) is 3.49. The maximum absolute atomic E-state index is 5.89. The zero-order valence-corrected chi connectivity index (χ0v) is 11.3. The third-order valence-electron chi connectivity index (χ3n) is 3.42. The van der Waals surface area contributed by atoms with Crippen LogP contribution in [0, 0.1) is 5.92 Å². The van der Waals surface area contributed by atoms with Crippen LogP contribution in [0.5, 0.6) is 0 Å². The Morgan fingerprint density at radius 2 is 2.35 bits per heavy atom. The number of rotatable bonds is 1. The molecule has 0 amide bonds. The topological polar surface area (TPSA) is 38.1 Å². The number of benzene rings is 1. The van der Waals surface area contributed by atoms with E-state index in [1.807, 2.05) is 18.2 Å². The molecule has 1 N–H and O–H groups in total. The van der Waals surface area contributed by atoms with Crippen LogP contribution in [0.2, 0.25) is 0 Å². The molecule has 1 aromatic carbocycles. The standard InChI is InChI=1S/C13H15BrN2O/c1-8-4-3-7-15-11(8)13-16-10-6-2-5-9(14)12(10)17-13/h2,5-6,8,11,15H,3-4,7H2,1H3. The second kappa shape index (κ2) is 4.42. The number of hydrogen-bond donors (Lipinski definition) is 1. The van der Waals surface area contributed by atoms with Crippen molar-refractivity contribution >= 4 is 27.0 Å². The zero-order chi connectivity index (χ0) is 11.8. The molecule has 3 rings (SSSR count). The molecule has 1 saturated heterocycles. The van der Waals surface area contributed by atoms with Crippen LogP contribution in [0.4, 0.5) is 0 Å². The SMILES string of the molecule is CC1CCCNC1c1nc2cccc(Br)c2o1. The van der Waals surface area contributed by atoms with Crippen LogP contribution in [0.25, 0.3) is 11.1 Å². The highest BCUT2D eigenvalue weighted by atomic mass is 79.9. The quantitative estimate of drug-likeness (QED) is 0.872. The first kappa shape index (κ1) is 11.2. The molecule has 0 aliphatic carbocycles. The van der Waals surface area contributed by atoms with Gasteiger partial charge in [0.2, 0.25) is 5.89 Å². The Balaban J connectivity index is 2.02. The van der Waals surface area contributed by atoms with E-state index in [1.165, 1.54) is 12.8 Å². The fourth-order valence-electron chi connectivity index (χ4n) is 2.45. The average molecular weight is 295 g/mol. The Morgan fingerprint density at radius 3 is 3.12 bits per heavy atom. The predicted octanol–water partition coefficient (Wildman–Crippen LogP) is 3.65. The maximum Gasteiger partial charge on any atom is 0.212 e. The van der Waals surface area contributed by atoms with E-state index in [1.54, 1.807) is 0 Å². The molecule has 0 bridgehead atoms. The molecular formula is C13H15BrN2O. The van der Waals surface area contributed by atoms with Crippen LogP contribution in [-0.4, -0.2) is 11.5 Å². The Bertz CT molecular complexity index is 537. The van der Waals surface area contributed by atoms with E-state index in [9.17, 15) is 0 Å². The second-order valence-corrected chi connectivity index (χ2v) is 5.55. The van der Waals surface area contributed by atoms with Crippen molar-refractivity contribution in [1.82, 2.24) is 10.3 Å². The molecule has 0 saturated carbocycles. The van der Waals surface area contributed by atoms with Crippen molar-refractivity contribution in [2.24, 2.45) is 5.92 Å². The van der Waals surface area contributed by atoms with Gasteiger partial charge >= 0.3 is 0 Å². The molecule has 4 heteroatoms. The summed E-state index contributed by atoms with van der Waals surface area (Å²) in [6, 6.07) is 6.20. The highest BCUT2D eigenvalue weighted by Crippen LogP contribution is 2.32. The summed E-state index contributed by atoms with van der Waals surface area (Å²) < 4.78 is 6.86. The molecule has 0 spiro atoms. The summed E-state index contributed by atoms with van der Waals surface area (Å²) >= 11 is 3.50. The number of aromatic nitrogens is 1. The number of halogens is 1. The van der Waals surface area contributed by atoms with Crippen molar-refractivity contribution in [3.8, 4) is 0 Å². The molecule has 17 heavy (non-hydrogen) atoms. The Hall–Kier alpha value is -0.870. The van der Waals surface area contributed by atoms with Crippen LogP contribution in [0.1, 0.15) is 31.7 Å². The van der Waals surface area contributed by atoms with Gasteiger partial charge in [0.25, 0.3) is 0 Å². The van der Waals surface area contributed by atoms with Gasteiger partial charge in [0.15, 0.2) is 5.58 Å². The predicted molar refractivity (Wildman–Crippen MR) is 70.9 cm³/mol. The van der Waals surface area contributed by atoms with E-state index in [2.05, 4.69) is 33.2 Å². The van der Waals surface area contributed by atoms with Crippen LogP contribution >= 0.6 is 15.9 Å². The second-order valence-electron chi connectivity index (χ2n) is 4.69. The third kappa shape index (κ3) is 2.00. The molecule has 1 fully saturated rings. The van der Waals surface area contributed by atoms with Crippen molar-refractivity contribution < 1.29 is 4.42 Å². The minimum atomic E-state index is 0.253. The van der Waals surface area contributed by atoms with Gasteiger partial charge in [-0.25, -0.2) is 4.98 Å². The fraction of sp³-hybridized carbons (Fsp3) is 0.462. The Morgan fingerprint density at radius 1 is 1.47 bits per heavy atom. The van der Waals surface area contributed by atoms with Crippen LogP contribution in [0.3, 0.4) is 0 Å². The van der Waals surface area contributed by atoms with Crippen molar-refractivity contribution in [3.05, 3.63) is 28.6 Å². The van der Waals surface area contributed by atoms with E-state index in [-0.39, 0.29) is 6.04 Å². The highest BCUT2D eigenvalue weighted by molar-refractivity contribution is 9.10. The van der Waals surface area contributed by atoms with E-state index in [0.29, 0.717) is 5.92 Å². The summed E-state index contributed by atoms with van der Waals surface area (Å²) in [5.41, 5.74) is 1.77. The molecule has 2 atom stereocenters. The third-order valence-corrected chi connectivity index (χ3v) is 4.04. The smallest absolute Gasteiger partial charge is 0.212 e. The summed E-state index contributed by atoms with van der Waals surface area (Å²) in [6.07, 6.45) is 2.47. The monoisotopic (exact) mass is 294 g/mol. The van der Waals surface area contributed by atoms with Crippen molar-refractivity contribution in [2.75, 3.05) is 6.54 Å². The Kier molecular flexibility index (Phi) is 2.92. The molecule has 2 heterocycles. The lowest BCUT2D eigenvalue weighted by Gasteiger charge is -2.27. The van der Waals surface area contributed by atoms with Gasteiger partial charge in [0, 0.05) is 0 Å². The first-order valence-electron chi connectivity index (χ1n) is 6.04. The van der Waals surface area contributed by atoms with Crippen LogP contribution in [0.15, 0.2) is 27.1 Å². The molecule has 90 valence electrons. The first-order valence-corrected chi connectivity index (χ1v) is 6.83. The molecule has 1 aromatic heterocycles. The number of para-hydroxylation sites is 1. The average Bonchev–Trinajstić information content (AvgIpc) is 2.75. The van der Waals surface area contributed by atoms with Crippen molar-refractivity contribution in [1.29, 1.82) is 0 Å². The van der Waals surface area contributed by atoms with Crippen LogP contribution < -0.4 is 5.32 Å². The highest BCUT2D eigenvalue weighted by Gasteiger charge is 2.27. The van der Waals surface area contributed by atoms with Gasteiger partial charge in [-0.1, -0.05) is 13.0 Å². The number of piperidine rings is 1. The van der Waals surface area contributed by atoms with E-state index >= 15 is 0 Å². The number of fused-ring (bicyclic) bond motifs is 1. The van der Waals surface area contributed by atoms with Gasteiger partial charge in [-0.3, -0.25) is 0 Å². The molecular weight excluding hydrogens is 280 g/mol. The van der Waals surface area contributed by atoms with Gasteiger partial charge in [-0.2, -0.15) is 0 Å². The Labute approximate surface area is 109 Å². The van der Waals surface area contributed by atoms with Gasteiger partial charge in [-0.15, -0.1) is 0 Å². The number of hydrogen-bond acceptors (Lipinski definition) is 3. The maximum atomic E-state index is 5.89. The normalized spacial score (nSPS) is 25.3.